The summed E-state index contributed by atoms with van der Waals surface area (Å²) in [5.74, 6) is 0.942. The molecular formula is C12H9OPS. The lowest BCUT2D eigenvalue weighted by Gasteiger charge is -2.24. The van der Waals surface area contributed by atoms with Gasteiger partial charge in [0.15, 0.2) is 7.35 Å². The van der Waals surface area contributed by atoms with Gasteiger partial charge in [0.25, 0.3) is 0 Å². The first kappa shape index (κ1) is 9.26. The molecule has 1 nitrogen and oxygen atoms in total. The molecule has 2 aromatic rings. The van der Waals surface area contributed by atoms with Crippen LogP contribution >= 0.6 is 19.6 Å². The summed E-state index contributed by atoms with van der Waals surface area (Å²) in [7, 11) is -0.800. The van der Waals surface area contributed by atoms with Crippen LogP contribution in [0.3, 0.4) is 0 Å². The second-order valence-electron chi connectivity index (χ2n) is 3.38. The highest BCUT2D eigenvalue weighted by Crippen LogP contribution is 2.50. The summed E-state index contributed by atoms with van der Waals surface area (Å²) >= 11 is 4.51. The molecule has 1 aliphatic heterocycles. The van der Waals surface area contributed by atoms with Gasteiger partial charge in [0.05, 0.1) is 0 Å². The molecule has 0 saturated heterocycles. The normalized spacial score (nSPS) is 17.5. The molecule has 0 aliphatic carbocycles. The molecule has 0 bridgehead atoms. The molecule has 0 fully saturated rings. The van der Waals surface area contributed by atoms with Crippen LogP contribution < -0.4 is 9.83 Å². The van der Waals surface area contributed by atoms with Crippen LogP contribution in [0.5, 0.6) is 5.75 Å². The smallest absolute Gasteiger partial charge is 0.177 e. The maximum Gasteiger partial charge on any atom is 0.177 e. The number of benzene rings is 2. The van der Waals surface area contributed by atoms with E-state index in [2.05, 4.69) is 36.5 Å². The molecule has 2 aromatic carbocycles. The minimum Gasteiger partial charge on any atom is -0.458 e. The van der Waals surface area contributed by atoms with Gasteiger partial charge in [-0.25, -0.2) is 0 Å². The zero-order chi connectivity index (χ0) is 10.3. The Morgan fingerprint density at radius 2 is 1.53 bits per heavy atom. The molecule has 0 aromatic heterocycles. The summed E-state index contributed by atoms with van der Waals surface area (Å²) in [4.78, 5) is 0. The van der Waals surface area contributed by atoms with Crippen LogP contribution in [0, 0.1) is 0 Å². The molecule has 1 unspecified atom stereocenters. The summed E-state index contributed by atoms with van der Waals surface area (Å²) in [5, 5.41) is 1.20. The highest BCUT2D eigenvalue weighted by molar-refractivity contribution is 8.46. The van der Waals surface area contributed by atoms with Crippen LogP contribution in [0.25, 0.3) is 11.1 Å². The van der Waals surface area contributed by atoms with Gasteiger partial charge < -0.3 is 4.52 Å². The average Bonchev–Trinajstić information content (AvgIpc) is 2.30. The zero-order valence-corrected chi connectivity index (χ0v) is 9.71. The van der Waals surface area contributed by atoms with Crippen molar-refractivity contribution in [1.29, 1.82) is 0 Å². The SMILES string of the molecule is SP1Oc2ccccc2-c2ccccc21. The number of fused-ring (bicyclic) bond motifs is 3. The van der Waals surface area contributed by atoms with E-state index in [1.165, 1.54) is 16.4 Å². The van der Waals surface area contributed by atoms with Gasteiger partial charge in [-0.05, 0) is 17.7 Å². The molecule has 1 heterocycles. The summed E-state index contributed by atoms with van der Waals surface area (Å²) in [6.45, 7) is 0. The van der Waals surface area contributed by atoms with Crippen LogP contribution in [0.4, 0.5) is 0 Å². The highest BCUT2D eigenvalue weighted by atomic mass is 32.7. The van der Waals surface area contributed by atoms with E-state index < -0.39 is 7.35 Å². The van der Waals surface area contributed by atoms with Crippen LogP contribution in [-0.2, 0) is 0 Å². The third kappa shape index (κ3) is 1.45. The lowest BCUT2D eigenvalue weighted by atomic mass is 10.0. The van der Waals surface area contributed by atoms with Crippen molar-refractivity contribution < 1.29 is 4.52 Å². The zero-order valence-electron chi connectivity index (χ0n) is 7.92. The maximum atomic E-state index is 5.79. The molecule has 1 atom stereocenters. The minimum atomic E-state index is -0.800. The van der Waals surface area contributed by atoms with Gasteiger partial charge in [0.2, 0.25) is 0 Å². The van der Waals surface area contributed by atoms with E-state index in [-0.39, 0.29) is 0 Å². The largest absolute Gasteiger partial charge is 0.458 e. The van der Waals surface area contributed by atoms with Crippen molar-refractivity contribution in [3.05, 3.63) is 48.5 Å². The summed E-state index contributed by atoms with van der Waals surface area (Å²) in [6.07, 6.45) is 0. The Balaban J connectivity index is 2.30. The Kier molecular flexibility index (Phi) is 2.19. The van der Waals surface area contributed by atoms with Crippen molar-refractivity contribution in [1.82, 2.24) is 0 Å². The van der Waals surface area contributed by atoms with E-state index in [1.807, 2.05) is 24.3 Å². The number of rotatable bonds is 0. The van der Waals surface area contributed by atoms with Gasteiger partial charge in [-0.3, -0.25) is 0 Å². The molecule has 3 heteroatoms. The monoisotopic (exact) mass is 232 g/mol. The average molecular weight is 232 g/mol. The summed E-state index contributed by atoms with van der Waals surface area (Å²) in [6, 6.07) is 16.4. The van der Waals surface area contributed by atoms with Crippen LogP contribution in [0.2, 0.25) is 0 Å². The van der Waals surface area contributed by atoms with E-state index in [0.29, 0.717) is 0 Å². The molecule has 0 saturated carbocycles. The molecule has 0 amide bonds. The van der Waals surface area contributed by atoms with Crippen LogP contribution in [0.1, 0.15) is 0 Å². The van der Waals surface area contributed by atoms with Gasteiger partial charge in [-0.1, -0.05) is 36.4 Å². The standard InChI is InChI=1S/C12H9OPS/c15-14-12-8-4-2-6-10(12)9-5-1-3-7-11(9)13-14/h1-8,15H. The fourth-order valence-electron chi connectivity index (χ4n) is 1.78. The summed E-state index contributed by atoms with van der Waals surface area (Å²) < 4.78 is 5.79. The fraction of sp³-hybridized carbons (Fsp3) is 0. The van der Waals surface area contributed by atoms with Crippen LogP contribution in [-0.4, -0.2) is 0 Å². The second kappa shape index (κ2) is 3.55. The van der Waals surface area contributed by atoms with Gasteiger partial charge in [0, 0.05) is 10.9 Å². The van der Waals surface area contributed by atoms with Gasteiger partial charge >= 0.3 is 0 Å². The summed E-state index contributed by atoms with van der Waals surface area (Å²) in [5.41, 5.74) is 2.42. The topological polar surface area (TPSA) is 9.23 Å². The first-order valence-corrected chi connectivity index (χ1v) is 7.13. The van der Waals surface area contributed by atoms with Gasteiger partial charge in [0.1, 0.15) is 5.75 Å². The minimum absolute atomic E-state index is 0.800. The molecule has 74 valence electrons. The first-order valence-electron chi connectivity index (χ1n) is 4.72. The molecule has 3 rings (SSSR count). The number of hydrogen-bond acceptors (Lipinski definition) is 2. The van der Waals surface area contributed by atoms with Crippen molar-refractivity contribution in [2.24, 2.45) is 0 Å². The van der Waals surface area contributed by atoms with Crippen molar-refractivity contribution in [3.63, 3.8) is 0 Å². The predicted octanol–water partition coefficient (Wildman–Crippen LogP) is 3.61. The lowest BCUT2D eigenvalue weighted by Crippen LogP contribution is -2.10. The fourth-order valence-corrected chi connectivity index (χ4v) is 3.62. The molecule has 0 radical (unpaired) electrons. The molecule has 0 spiro atoms. The molecule has 1 aliphatic rings. The predicted molar refractivity (Wildman–Crippen MR) is 68.0 cm³/mol. The van der Waals surface area contributed by atoms with E-state index in [0.717, 1.165) is 5.75 Å². The molecule has 15 heavy (non-hydrogen) atoms. The Hall–Kier alpha value is -0.980. The third-order valence-electron chi connectivity index (χ3n) is 2.47. The first-order chi connectivity index (χ1) is 7.36. The molecular weight excluding hydrogens is 223 g/mol. The Bertz CT molecular complexity index is 512. The van der Waals surface area contributed by atoms with Gasteiger partial charge in [-0.15, -0.1) is 12.2 Å². The van der Waals surface area contributed by atoms with E-state index >= 15 is 0 Å². The van der Waals surface area contributed by atoms with Crippen molar-refractivity contribution >= 4 is 24.9 Å². The quantitative estimate of drug-likeness (QED) is 0.539. The highest BCUT2D eigenvalue weighted by Gasteiger charge is 2.22. The Morgan fingerprint density at radius 3 is 2.40 bits per heavy atom. The van der Waals surface area contributed by atoms with Gasteiger partial charge in [-0.2, -0.15) is 0 Å². The second-order valence-corrected chi connectivity index (χ2v) is 5.68. The maximum absolute atomic E-state index is 5.79. The number of para-hydroxylation sites is 1. The Labute approximate surface area is 95.1 Å². The lowest BCUT2D eigenvalue weighted by molar-refractivity contribution is 0.634. The van der Waals surface area contributed by atoms with E-state index in [9.17, 15) is 0 Å². The van der Waals surface area contributed by atoms with Crippen molar-refractivity contribution in [2.75, 3.05) is 0 Å². The molecule has 0 N–H and O–H groups in total. The van der Waals surface area contributed by atoms with E-state index in [4.69, 9.17) is 4.52 Å². The van der Waals surface area contributed by atoms with E-state index in [1.54, 1.807) is 0 Å². The Morgan fingerprint density at radius 1 is 0.867 bits per heavy atom. The number of thiol groups is 1. The van der Waals surface area contributed by atoms with Crippen molar-refractivity contribution in [2.45, 2.75) is 0 Å². The third-order valence-corrected chi connectivity index (χ3v) is 4.54. The van der Waals surface area contributed by atoms with Crippen LogP contribution in [0.15, 0.2) is 48.5 Å². The number of hydrogen-bond donors (Lipinski definition) is 1. The van der Waals surface area contributed by atoms with Crippen molar-refractivity contribution in [3.8, 4) is 16.9 Å².